The van der Waals surface area contributed by atoms with Crippen molar-refractivity contribution in [3.05, 3.63) is 34.7 Å². The van der Waals surface area contributed by atoms with E-state index in [0.29, 0.717) is 29.2 Å². The smallest absolute Gasteiger partial charge is 0.333 e. The van der Waals surface area contributed by atoms with Crippen molar-refractivity contribution in [1.29, 1.82) is 0 Å². The fourth-order valence-electron chi connectivity index (χ4n) is 1.77. The van der Waals surface area contributed by atoms with Crippen LogP contribution < -0.4 is 5.32 Å². The lowest BCUT2D eigenvalue weighted by Crippen LogP contribution is -2.35. The van der Waals surface area contributed by atoms with Gasteiger partial charge in [0.15, 0.2) is 5.13 Å². The molecule has 110 valence electrons. The minimum atomic E-state index is -0.166. The molecule has 8 heteroatoms. The van der Waals surface area contributed by atoms with Gasteiger partial charge in [-0.2, -0.15) is 0 Å². The maximum Gasteiger partial charge on any atom is 0.333 e. The molecule has 1 aromatic carbocycles. The van der Waals surface area contributed by atoms with Crippen LogP contribution in [0.3, 0.4) is 0 Å². The van der Waals surface area contributed by atoms with Crippen molar-refractivity contribution in [2.24, 2.45) is 0 Å². The van der Waals surface area contributed by atoms with Crippen LogP contribution in [0, 0.1) is 0 Å². The molecule has 1 aliphatic heterocycles. The van der Waals surface area contributed by atoms with Crippen LogP contribution in [-0.2, 0) is 4.74 Å². The first kappa shape index (κ1) is 14.6. The fraction of sp³-hybridized carbons (Fsp3) is 0.231. The van der Waals surface area contributed by atoms with Crippen LogP contribution >= 0.6 is 34.9 Å². The van der Waals surface area contributed by atoms with Gasteiger partial charge in [0.05, 0.1) is 18.8 Å². The second kappa shape index (κ2) is 6.65. The molecule has 2 heterocycles. The van der Waals surface area contributed by atoms with Gasteiger partial charge in [0.1, 0.15) is 5.94 Å². The summed E-state index contributed by atoms with van der Waals surface area (Å²) in [6.45, 7) is 1.14. The molecule has 2 amide bonds. The molecule has 21 heavy (non-hydrogen) atoms. The summed E-state index contributed by atoms with van der Waals surface area (Å²) < 4.78 is 6.83. The number of rotatable bonds is 2. The van der Waals surface area contributed by atoms with E-state index in [1.807, 2.05) is 29.6 Å². The third kappa shape index (κ3) is 3.68. The number of benzene rings is 1. The van der Waals surface area contributed by atoms with E-state index in [9.17, 15) is 4.79 Å². The first-order chi connectivity index (χ1) is 10.2. The highest BCUT2D eigenvalue weighted by Crippen LogP contribution is 2.26. The van der Waals surface area contributed by atoms with E-state index >= 15 is 0 Å². The lowest BCUT2D eigenvalue weighted by Gasteiger charge is -2.24. The van der Waals surface area contributed by atoms with Gasteiger partial charge in [0.25, 0.3) is 0 Å². The Labute approximate surface area is 135 Å². The molecular formula is C13H12ClN3O2S2. The Morgan fingerprint density at radius 3 is 2.90 bits per heavy atom. The molecule has 1 fully saturated rings. The summed E-state index contributed by atoms with van der Waals surface area (Å²) in [5.41, 5.74) is 1.79. The number of nitrogens with one attached hydrogen (secondary N) is 1. The SMILES string of the molecule is O=C(Nc1nc(-c2ccc(Cl)cc2)cs1)N1CCOCS1. The van der Waals surface area contributed by atoms with Crippen LogP contribution in [0.1, 0.15) is 0 Å². The molecule has 0 radical (unpaired) electrons. The molecule has 1 aliphatic rings. The van der Waals surface area contributed by atoms with Crippen LogP contribution in [0.25, 0.3) is 11.3 Å². The van der Waals surface area contributed by atoms with Gasteiger partial charge in [0.2, 0.25) is 0 Å². The van der Waals surface area contributed by atoms with Gasteiger partial charge < -0.3 is 4.74 Å². The van der Waals surface area contributed by atoms with Crippen molar-refractivity contribution < 1.29 is 9.53 Å². The van der Waals surface area contributed by atoms with E-state index in [4.69, 9.17) is 16.3 Å². The number of aromatic nitrogens is 1. The standard InChI is InChI=1S/C13H12ClN3O2S2/c14-10-3-1-9(2-4-10)11-7-20-12(15-11)16-13(18)17-5-6-19-8-21-17/h1-4,7H,5-6,8H2,(H,15,16,18). The van der Waals surface area contributed by atoms with Gasteiger partial charge in [0, 0.05) is 16.0 Å². The minimum absolute atomic E-state index is 0.166. The summed E-state index contributed by atoms with van der Waals surface area (Å²) in [7, 11) is 0. The Hall–Kier alpha value is -1.28. The number of amides is 2. The minimum Gasteiger partial charge on any atom is -0.367 e. The third-order valence-electron chi connectivity index (χ3n) is 2.82. The Kier molecular flexibility index (Phi) is 4.64. The van der Waals surface area contributed by atoms with Crippen molar-refractivity contribution in [1.82, 2.24) is 9.29 Å². The van der Waals surface area contributed by atoms with Crippen LogP contribution in [0.2, 0.25) is 5.02 Å². The number of hydrogen-bond donors (Lipinski definition) is 1. The highest BCUT2D eigenvalue weighted by atomic mass is 35.5. The van der Waals surface area contributed by atoms with Gasteiger partial charge >= 0.3 is 6.03 Å². The molecular weight excluding hydrogens is 330 g/mol. The fourth-order valence-corrected chi connectivity index (χ4v) is 3.29. The largest absolute Gasteiger partial charge is 0.367 e. The highest BCUT2D eigenvalue weighted by molar-refractivity contribution is 7.97. The molecule has 0 saturated carbocycles. The number of carbonyl (C=O) groups excluding carboxylic acids is 1. The quantitative estimate of drug-likeness (QED) is 0.841. The maximum absolute atomic E-state index is 12.0. The Balaban J connectivity index is 1.67. The number of carbonyl (C=O) groups is 1. The number of nitrogens with zero attached hydrogens (tertiary/aromatic N) is 2. The molecule has 2 aromatic rings. The van der Waals surface area contributed by atoms with Crippen molar-refractivity contribution in [2.45, 2.75) is 0 Å². The highest BCUT2D eigenvalue weighted by Gasteiger charge is 2.19. The van der Waals surface area contributed by atoms with E-state index in [1.54, 1.807) is 4.31 Å². The van der Waals surface area contributed by atoms with E-state index < -0.39 is 0 Å². The second-order valence-corrected chi connectivity index (χ2v) is 6.46. The first-order valence-corrected chi connectivity index (χ1v) is 8.43. The molecule has 1 N–H and O–H groups in total. The molecule has 1 saturated heterocycles. The lowest BCUT2D eigenvalue weighted by molar-refractivity contribution is 0.152. The number of ether oxygens (including phenoxy) is 1. The molecule has 0 aliphatic carbocycles. The number of thiazole rings is 1. The maximum atomic E-state index is 12.0. The summed E-state index contributed by atoms with van der Waals surface area (Å²) in [6, 6.07) is 7.28. The molecule has 1 aromatic heterocycles. The van der Waals surface area contributed by atoms with Gasteiger partial charge in [-0.3, -0.25) is 9.62 Å². The molecule has 0 spiro atoms. The monoisotopic (exact) mass is 341 g/mol. The number of halogens is 1. The predicted molar refractivity (Wildman–Crippen MR) is 86.7 cm³/mol. The Bertz CT molecular complexity index is 627. The third-order valence-corrected chi connectivity index (χ3v) is 4.76. The van der Waals surface area contributed by atoms with Crippen molar-refractivity contribution in [3.8, 4) is 11.3 Å². The van der Waals surface area contributed by atoms with Gasteiger partial charge in [-0.15, -0.1) is 11.3 Å². The predicted octanol–water partition coefficient (Wildman–Crippen LogP) is 3.93. The molecule has 0 unspecified atom stereocenters. The molecule has 0 atom stereocenters. The van der Waals surface area contributed by atoms with Gasteiger partial charge in [-0.1, -0.05) is 23.7 Å². The molecule has 3 rings (SSSR count). The van der Waals surface area contributed by atoms with Crippen LogP contribution in [0.4, 0.5) is 9.93 Å². The average molecular weight is 342 g/mol. The summed E-state index contributed by atoms with van der Waals surface area (Å²) in [6.07, 6.45) is 0. The molecule has 5 nitrogen and oxygen atoms in total. The topological polar surface area (TPSA) is 54.5 Å². The first-order valence-electron chi connectivity index (χ1n) is 6.23. The second-order valence-electron chi connectivity index (χ2n) is 4.23. The van der Waals surface area contributed by atoms with Crippen molar-refractivity contribution in [3.63, 3.8) is 0 Å². The van der Waals surface area contributed by atoms with Crippen LogP contribution in [0.15, 0.2) is 29.6 Å². The van der Waals surface area contributed by atoms with E-state index in [-0.39, 0.29) is 6.03 Å². The zero-order valence-electron chi connectivity index (χ0n) is 10.9. The van der Waals surface area contributed by atoms with Gasteiger partial charge in [-0.25, -0.2) is 9.78 Å². The van der Waals surface area contributed by atoms with E-state index in [2.05, 4.69) is 10.3 Å². The number of urea groups is 1. The summed E-state index contributed by atoms with van der Waals surface area (Å²) in [5, 5.41) is 5.98. The number of anilines is 1. The lowest BCUT2D eigenvalue weighted by atomic mass is 10.2. The van der Waals surface area contributed by atoms with E-state index in [1.165, 1.54) is 23.3 Å². The summed E-state index contributed by atoms with van der Waals surface area (Å²) >= 11 is 8.62. The average Bonchev–Trinajstić information content (AvgIpc) is 2.97. The Morgan fingerprint density at radius 1 is 1.38 bits per heavy atom. The summed E-state index contributed by atoms with van der Waals surface area (Å²) in [5.74, 6) is 0.501. The van der Waals surface area contributed by atoms with Crippen molar-refractivity contribution >= 4 is 46.0 Å². The molecule has 0 bridgehead atoms. The number of hydrogen-bond acceptors (Lipinski definition) is 5. The zero-order chi connectivity index (χ0) is 14.7. The zero-order valence-corrected chi connectivity index (χ0v) is 13.3. The van der Waals surface area contributed by atoms with Crippen molar-refractivity contribution in [2.75, 3.05) is 24.4 Å². The van der Waals surface area contributed by atoms with Crippen LogP contribution in [0.5, 0.6) is 0 Å². The van der Waals surface area contributed by atoms with E-state index in [0.717, 1.165) is 11.3 Å². The van der Waals surface area contributed by atoms with Gasteiger partial charge in [-0.05, 0) is 24.1 Å². The Morgan fingerprint density at radius 2 is 2.19 bits per heavy atom. The normalized spacial score (nSPS) is 15.0. The van der Waals surface area contributed by atoms with Crippen LogP contribution in [-0.4, -0.2) is 34.4 Å². The summed E-state index contributed by atoms with van der Waals surface area (Å²) in [4.78, 5) is 16.5.